The summed E-state index contributed by atoms with van der Waals surface area (Å²) in [6.07, 6.45) is 1.67. The largest absolute Gasteiger partial charge is 0.298 e. The van der Waals surface area contributed by atoms with Gasteiger partial charge in [-0.25, -0.2) is 4.39 Å². The lowest BCUT2D eigenvalue weighted by Gasteiger charge is -2.00. The molecule has 0 aliphatic carbocycles. The molecule has 140 valence electrons. The molecule has 0 saturated heterocycles. The second-order valence-corrected chi connectivity index (χ2v) is 7.31. The maximum absolute atomic E-state index is 13.1. The van der Waals surface area contributed by atoms with Crippen LogP contribution >= 0.6 is 22.9 Å². The van der Waals surface area contributed by atoms with E-state index in [0.29, 0.717) is 16.1 Å². The third kappa shape index (κ3) is 3.96. The van der Waals surface area contributed by atoms with Gasteiger partial charge in [0.1, 0.15) is 22.1 Å². The zero-order valence-corrected chi connectivity index (χ0v) is 16.4. The Bertz CT molecular complexity index is 1270. The molecule has 2 aromatic carbocycles. The molecule has 0 unspecified atom stereocenters. The number of carbonyl (C=O) groups excluding carboxylic acids is 1. The van der Waals surface area contributed by atoms with Gasteiger partial charge in [-0.2, -0.15) is 5.26 Å². The van der Waals surface area contributed by atoms with E-state index >= 15 is 0 Å². The number of thiazole rings is 1. The summed E-state index contributed by atoms with van der Waals surface area (Å²) < 4.78 is 15.2. The Balaban J connectivity index is 2.25. The Morgan fingerprint density at radius 1 is 1.29 bits per heavy atom. The number of aromatic nitrogens is 1. The smallest absolute Gasteiger partial charge is 0.269 e. The normalized spacial score (nSPS) is 12.6. The van der Waals surface area contributed by atoms with Crippen LogP contribution in [-0.2, 0) is 6.54 Å². The van der Waals surface area contributed by atoms with Crippen LogP contribution < -0.4 is 14.8 Å². The molecule has 3 rings (SSSR count). The number of nitriles is 1. The Labute approximate surface area is 169 Å². The third-order valence-electron chi connectivity index (χ3n) is 4.03. The molecule has 0 fully saturated rings. The van der Waals surface area contributed by atoms with Crippen LogP contribution in [0.3, 0.4) is 0 Å². The van der Waals surface area contributed by atoms with Gasteiger partial charge in [0.15, 0.2) is 0 Å². The number of halogens is 2. The number of hydrogen-bond acceptors (Lipinski definition) is 4. The van der Waals surface area contributed by atoms with Crippen molar-refractivity contribution in [1.29, 1.82) is 5.26 Å². The Kier molecular flexibility index (Phi) is 5.88. The van der Waals surface area contributed by atoms with E-state index in [1.54, 1.807) is 37.3 Å². The first kappa shape index (κ1) is 19.7. The molecule has 0 aliphatic heterocycles. The number of nitrogens with zero attached hydrogens (tertiary/aromatic N) is 2. The van der Waals surface area contributed by atoms with Gasteiger partial charge in [-0.3, -0.25) is 14.2 Å². The van der Waals surface area contributed by atoms with Crippen LogP contribution in [0, 0.1) is 17.1 Å². The van der Waals surface area contributed by atoms with Crippen LogP contribution in [0.15, 0.2) is 53.3 Å². The second kappa shape index (κ2) is 8.34. The van der Waals surface area contributed by atoms with Crippen molar-refractivity contribution in [1.82, 2.24) is 4.57 Å². The molecule has 0 radical (unpaired) electrons. The molecule has 0 spiro atoms. The van der Waals surface area contributed by atoms with Crippen molar-refractivity contribution in [3.05, 3.63) is 90.0 Å². The predicted molar refractivity (Wildman–Crippen MR) is 108 cm³/mol. The summed E-state index contributed by atoms with van der Waals surface area (Å²) in [6.45, 7) is 2.06. The molecule has 0 aliphatic rings. The lowest BCUT2D eigenvalue weighted by Crippen LogP contribution is -2.32. The van der Waals surface area contributed by atoms with Crippen LogP contribution in [0.5, 0.6) is 0 Å². The standard InChI is InChI=1S/C21H14ClFN2O2S/c1-2-25-20(27)18(11-13-4-3-5-15(22)10-13)28-21(25)17(12-24)19(26)14-6-8-16(23)9-7-14/h3-11H,2H2,1H3/b18-11+,21-17-. The van der Waals surface area contributed by atoms with Gasteiger partial charge in [0, 0.05) is 17.1 Å². The van der Waals surface area contributed by atoms with Gasteiger partial charge in [-0.05, 0) is 55.0 Å². The van der Waals surface area contributed by atoms with Crippen molar-refractivity contribution >= 4 is 40.4 Å². The fraction of sp³-hybridized carbons (Fsp3) is 0.0952. The quantitative estimate of drug-likeness (QED) is 0.618. The fourth-order valence-corrected chi connectivity index (χ4v) is 4.04. The minimum absolute atomic E-state index is 0.152. The second-order valence-electron chi connectivity index (χ2n) is 5.84. The monoisotopic (exact) mass is 412 g/mol. The van der Waals surface area contributed by atoms with E-state index in [9.17, 15) is 19.2 Å². The molecule has 0 amide bonds. The highest BCUT2D eigenvalue weighted by Crippen LogP contribution is 2.11. The maximum Gasteiger partial charge on any atom is 0.269 e. The van der Waals surface area contributed by atoms with Crippen LogP contribution in [0.25, 0.3) is 11.6 Å². The van der Waals surface area contributed by atoms with Crippen LogP contribution in [0.4, 0.5) is 4.39 Å². The summed E-state index contributed by atoms with van der Waals surface area (Å²) >= 11 is 7.06. The van der Waals surface area contributed by atoms with Crippen molar-refractivity contribution in [2.24, 2.45) is 0 Å². The molecule has 28 heavy (non-hydrogen) atoms. The lowest BCUT2D eigenvalue weighted by atomic mass is 10.1. The summed E-state index contributed by atoms with van der Waals surface area (Å²) in [4.78, 5) is 25.5. The Hall–Kier alpha value is -3.01. The molecule has 0 atom stereocenters. The molecule has 4 nitrogen and oxygen atoms in total. The summed E-state index contributed by atoms with van der Waals surface area (Å²) in [7, 11) is 0. The van der Waals surface area contributed by atoms with E-state index in [-0.39, 0.29) is 21.4 Å². The molecular formula is C21H14ClFN2O2S. The predicted octanol–water partition coefficient (Wildman–Crippen LogP) is 3.11. The lowest BCUT2D eigenvalue weighted by molar-refractivity contribution is 0.105. The van der Waals surface area contributed by atoms with E-state index in [0.717, 1.165) is 29.0 Å². The van der Waals surface area contributed by atoms with Crippen molar-refractivity contribution in [3.63, 3.8) is 0 Å². The molecule has 0 saturated carbocycles. The maximum atomic E-state index is 13.1. The first-order valence-electron chi connectivity index (χ1n) is 8.36. The van der Waals surface area contributed by atoms with Gasteiger partial charge < -0.3 is 0 Å². The highest BCUT2D eigenvalue weighted by molar-refractivity contribution is 7.07. The van der Waals surface area contributed by atoms with E-state index in [2.05, 4.69) is 0 Å². The number of ketones is 1. The Morgan fingerprint density at radius 2 is 2.00 bits per heavy atom. The van der Waals surface area contributed by atoms with Gasteiger partial charge in [0.25, 0.3) is 5.56 Å². The highest BCUT2D eigenvalue weighted by Gasteiger charge is 2.17. The van der Waals surface area contributed by atoms with Crippen LogP contribution in [-0.4, -0.2) is 10.4 Å². The van der Waals surface area contributed by atoms with Crippen LogP contribution in [0.2, 0.25) is 5.02 Å². The number of hydrogen-bond donors (Lipinski definition) is 0. The molecule has 3 aromatic rings. The van der Waals surface area contributed by atoms with Gasteiger partial charge in [-0.15, -0.1) is 11.3 Å². The molecule has 1 aromatic heterocycles. The first-order chi connectivity index (χ1) is 13.4. The molecule has 0 N–H and O–H groups in total. The third-order valence-corrected chi connectivity index (χ3v) is 5.39. The van der Waals surface area contributed by atoms with Crippen molar-refractivity contribution < 1.29 is 9.18 Å². The van der Waals surface area contributed by atoms with E-state index in [1.807, 2.05) is 6.07 Å². The van der Waals surface area contributed by atoms with Gasteiger partial charge in [0.05, 0.1) is 4.53 Å². The van der Waals surface area contributed by atoms with E-state index in [4.69, 9.17) is 11.6 Å². The number of carbonyl (C=O) groups is 1. The minimum Gasteiger partial charge on any atom is -0.298 e. The first-order valence-corrected chi connectivity index (χ1v) is 9.55. The summed E-state index contributed by atoms with van der Waals surface area (Å²) in [5.41, 5.74) is 0.481. The SMILES string of the molecule is CCn1c(=O)/c(=C\c2cccc(Cl)c2)s/c1=C(/C#N)C(=O)c1ccc(F)cc1. The van der Waals surface area contributed by atoms with Crippen molar-refractivity contribution in [3.8, 4) is 6.07 Å². The molecule has 7 heteroatoms. The van der Waals surface area contributed by atoms with Crippen molar-refractivity contribution in [2.75, 3.05) is 0 Å². The zero-order chi connectivity index (χ0) is 20.3. The van der Waals surface area contributed by atoms with E-state index < -0.39 is 11.6 Å². The van der Waals surface area contributed by atoms with Crippen molar-refractivity contribution in [2.45, 2.75) is 13.5 Å². The highest BCUT2D eigenvalue weighted by atomic mass is 35.5. The molecule has 1 heterocycles. The van der Waals surface area contributed by atoms with E-state index in [1.165, 1.54) is 16.7 Å². The number of Topliss-reactive ketones (excluding diaryl/α,β-unsaturated/α-hetero) is 1. The number of benzene rings is 2. The summed E-state index contributed by atoms with van der Waals surface area (Å²) in [5.74, 6) is -1.03. The summed E-state index contributed by atoms with van der Waals surface area (Å²) in [6, 6.07) is 13.9. The fourth-order valence-electron chi connectivity index (χ4n) is 2.68. The van der Waals surface area contributed by atoms with Crippen LogP contribution in [0.1, 0.15) is 22.8 Å². The molecule has 0 bridgehead atoms. The minimum atomic E-state index is -0.555. The topological polar surface area (TPSA) is 62.9 Å². The van der Waals surface area contributed by atoms with Gasteiger partial charge in [-0.1, -0.05) is 23.7 Å². The van der Waals surface area contributed by atoms with Gasteiger partial charge in [0.2, 0.25) is 5.78 Å². The van der Waals surface area contributed by atoms with Gasteiger partial charge >= 0.3 is 0 Å². The zero-order valence-electron chi connectivity index (χ0n) is 14.8. The number of rotatable bonds is 4. The Morgan fingerprint density at radius 3 is 2.61 bits per heavy atom. The molecular weight excluding hydrogens is 399 g/mol. The average Bonchev–Trinajstić information content (AvgIpc) is 2.98. The average molecular weight is 413 g/mol. The summed E-state index contributed by atoms with van der Waals surface area (Å²) in [5, 5.41) is 10.1.